The molecule has 4 atom stereocenters. The van der Waals surface area contributed by atoms with Crippen LogP contribution in [-0.4, -0.2) is 79.1 Å². The Hall–Kier alpha value is -6.00. The van der Waals surface area contributed by atoms with Crippen LogP contribution in [0.25, 0.3) is 44.1 Å². The number of halogens is 6. The van der Waals surface area contributed by atoms with Crippen molar-refractivity contribution in [3.63, 3.8) is 0 Å². The standard InChI is InChI=1S/2C23H21F3N5O6P.2Na/c2*1-13(14-5-4-6-16(9-14)21(32)27-2)30-12-28-19-10-15(7-8-17(19)22(30)33)18-11-29-31(20(18)23(24,25)26)37-38(34,35)36-3;;/h2*4-13H,1-3H3,(H,27,32)(H,34,35);;/q;;2*+1/p-2/t2*13-;;/m11../s1. The monoisotopic (exact) mass is 1150 g/mol. The van der Waals surface area contributed by atoms with Gasteiger partial charge in [-0.2, -0.15) is 26.3 Å². The SMILES string of the molecule is CNC(=O)c1cccc([C@@H](C)n2cnc3cc(-c4cnn(OP(=O)([O-])OC)c4C(F)(F)F)ccc3c2=O)c1.CNC(=O)c1cccc([C@@H](C)n2cnc3cc(-c4cnn(OP(=O)([O-])OC)c4C(F)(F)F)ccc3c2=O)c1.[Na+].[Na+]. The molecule has 4 aromatic heterocycles. The first-order chi connectivity index (χ1) is 35.7. The molecule has 400 valence electrons. The second-order valence-electron chi connectivity index (χ2n) is 16.1. The Kier molecular flexibility index (Phi) is 20.1. The van der Waals surface area contributed by atoms with E-state index in [0.717, 1.165) is 26.6 Å². The topological polar surface area (TPSA) is 281 Å². The van der Waals surface area contributed by atoms with E-state index in [9.17, 15) is 64.4 Å². The van der Waals surface area contributed by atoms with Gasteiger partial charge in [0, 0.05) is 50.6 Å². The minimum absolute atomic E-state index is 0. The zero-order valence-electron chi connectivity index (χ0n) is 42.2. The van der Waals surface area contributed by atoms with Crippen LogP contribution in [0.3, 0.4) is 0 Å². The van der Waals surface area contributed by atoms with Gasteiger partial charge in [-0.05, 0) is 84.6 Å². The molecule has 0 aliphatic heterocycles. The van der Waals surface area contributed by atoms with Crippen molar-refractivity contribution in [1.29, 1.82) is 0 Å². The van der Waals surface area contributed by atoms with Crippen molar-refractivity contribution in [3.05, 3.63) is 164 Å². The Labute approximate surface area is 481 Å². The van der Waals surface area contributed by atoms with Gasteiger partial charge in [-0.1, -0.05) is 46.1 Å². The fourth-order valence-corrected chi connectivity index (χ4v) is 8.40. The molecule has 2 amide bonds. The summed E-state index contributed by atoms with van der Waals surface area (Å²) in [4.78, 5) is 81.6. The summed E-state index contributed by atoms with van der Waals surface area (Å²) in [6, 6.07) is 20.0. The zero-order chi connectivity index (χ0) is 55.7. The van der Waals surface area contributed by atoms with Crippen molar-refractivity contribution >= 4 is 49.3 Å². The number of phosphoric ester groups is 2. The van der Waals surface area contributed by atoms with Gasteiger partial charge >= 0.3 is 87.1 Å². The predicted octanol–water partition coefficient (Wildman–Crippen LogP) is -0.410. The molecule has 2 N–H and O–H groups in total. The van der Waals surface area contributed by atoms with E-state index in [0.29, 0.717) is 22.3 Å². The van der Waals surface area contributed by atoms with Gasteiger partial charge in [-0.15, -0.1) is 10.2 Å². The molecule has 8 rings (SSSR count). The molecule has 0 radical (unpaired) electrons. The van der Waals surface area contributed by atoms with Crippen LogP contribution in [0.5, 0.6) is 0 Å². The third-order valence-corrected chi connectivity index (χ3v) is 13.2. The normalized spacial score (nSPS) is 13.8. The number of hydrogen-bond acceptors (Lipinski definition) is 16. The molecule has 2 unspecified atom stereocenters. The number of benzene rings is 4. The Morgan fingerprint density at radius 3 is 1.28 bits per heavy atom. The van der Waals surface area contributed by atoms with Gasteiger partial charge in [-0.3, -0.25) is 37.4 Å². The molecule has 0 saturated carbocycles. The van der Waals surface area contributed by atoms with Gasteiger partial charge in [0.15, 0.2) is 11.4 Å². The summed E-state index contributed by atoms with van der Waals surface area (Å²) in [6.07, 6.45) is -6.02. The fourth-order valence-electron chi connectivity index (χ4n) is 7.64. The van der Waals surface area contributed by atoms with E-state index in [2.05, 4.69) is 49.1 Å². The maximum Gasteiger partial charge on any atom is 1.00 e. The Morgan fingerprint density at radius 1 is 0.603 bits per heavy atom. The minimum Gasteiger partial charge on any atom is -0.745 e. The number of amides is 2. The molecule has 4 heterocycles. The maximum atomic E-state index is 13.8. The number of fused-ring (bicyclic) bond motifs is 2. The van der Waals surface area contributed by atoms with Crippen LogP contribution in [0, 0.1) is 0 Å². The van der Waals surface area contributed by atoms with Crippen molar-refractivity contribution < 1.29 is 132 Å². The van der Waals surface area contributed by atoms with Crippen LogP contribution < -0.4 is 99.9 Å². The molecule has 22 nitrogen and oxygen atoms in total. The first-order valence-electron chi connectivity index (χ1n) is 21.8. The molecule has 0 aliphatic carbocycles. The van der Waals surface area contributed by atoms with Gasteiger partial charge in [-0.25, -0.2) is 9.97 Å². The third kappa shape index (κ3) is 13.7. The van der Waals surface area contributed by atoms with Crippen molar-refractivity contribution in [1.82, 2.24) is 49.6 Å². The summed E-state index contributed by atoms with van der Waals surface area (Å²) >= 11 is 0. The van der Waals surface area contributed by atoms with E-state index in [1.807, 2.05) is 0 Å². The second-order valence-corrected chi connectivity index (χ2v) is 19.0. The van der Waals surface area contributed by atoms with Gasteiger partial charge in [0.05, 0.1) is 58.9 Å². The first-order valence-corrected chi connectivity index (χ1v) is 24.7. The number of hydrogen-bond donors (Lipinski definition) is 2. The summed E-state index contributed by atoms with van der Waals surface area (Å²) < 4.78 is 125. The van der Waals surface area contributed by atoms with E-state index < -0.39 is 73.7 Å². The second kappa shape index (κ2) is 25.0. The minimum atomic E-state index is -5.10. The molecule has 4 aromatic carbocycles. The van der Waals surface area contributed by atoms with Crippen molar-refractivity contribution in [2.75, 3.05) is 28.3 Å². The van der Waals surface area contributed by atoms with Crippen LogP contribution in [-0.2, 0) is 30.5 Å². The number of carbonyl (C=O) groups is 2. The molecule has 32 heteroatoms. The Bertz CT molecular complexity index is 3520. The number of alkyl halides is 6. The summed E-state index contributed by atoms with van der Waals surface area (Å²) in [5, 5.41) is 12.1. The molecule has 0 aliphatic rings. The van der Waals surface area contributed by atoms with Crippen LogP contribution in [0.15, 0.2) is 120 Å². The molecule has 0 bridgehead atoms. The quantitative estimate of drug-likeness (QED) is 0.0796. The molecular weight excluding hydrogens is 1110 g/mol. The fraction of sp³-hybridized carbons (Fsp3) is 0.217. The number of nitrogens with one attached hydrogen (secondary N) is 2. The summed E-state index contributed by atoms with van der Waals surface area (Å²) in [5.41, 5.74) is -2.62. The number of rotatable bonds is 14. The Balaban J connectivity index is 0.000000280. The maximum absolute atomic E-state index is 13.8. The van der Waals surface area contributed by atoms with Crippen LogP contribution in [0.2, 0.25) is 0 Å². The molecule has 78 heavy (non-hydrogen) atoms. The summed E-state index contributed by atoms with van der Waals surface area (Å²) in [5.74, 6) is -0.578. The Morgan fingerprint density at radius 2 is 0.962 bits per heavy atom. The van der Waals surface area contributed by atoms with Gasteiger partial charge < -0.3 is 38.7 Å². The van der Waals surface area contributed by atoms with Gasteiger partial charge in [0.2, 0.25) is 0 Å². The van der Waals surface area contributed by atoms with Gasteiger partial charge in [0.1, 0.15) is 0 Å². The predicted molar refractivity (Wildman–Crippen MR) is 254 cm³/mol. The number of nitrogens with zero attached hydrogens (tertiary/aromatic N) is 8. The van der Waals surface area contributed by atoms with Crippen molar-refractivity contribution in [2.24, 2.45) is 0 Å². The van der Waals surface area contributed by atoms with E-state index in [-0.39, 0.29) is 114 Å². The molecule has 0 spiro atoms. The molecule has 0 fully saturated rings. The van der Waals surface area contributed by atoms with Crippen LogP contribution >= 0.6 is 15.6 Å². The largest absolute Gasteiger partial charge is 1.00 e. The number of aromatic nitrogens is 8. The first kappa shape index (κ1) is 62.8. The zero-order valence-corrected chi connectivity index (χ0v) is 48.0. The van der Waals surface area contributed by atoms with Gasteiger partial charge in [0.25, 0.3) is 22.9 Å². The van der Waals surface area contributed by atoms with E-state index >= 15 is 0 Å². The van der Waals surface area contributed by atoms with E-state index in [1.165, 1.54) is 72.3 Å². The summed E-state index contributed by atoms with van der Waals surface area (Å²) in [6.45, 7) is 3.48. The average molecular weight is 1150 g/mol. The van der Waals surface area contributed by atoms with Crippen molar-refractivity contribution in [2.45, 2.75) is 38.3 Å². The van der Waals surface area contributed by atoms with Crippen LogP contribution in [0.1, 0.15) is 69.2 Å². The van der Waals surface area contributed by atoms with Crippen LogP contribution in [0.4, 0.5) is 26.3 Å². The summed E-state index contributed by atoms with van der Waals surface area (Å²) in [7, 11) is -5.73. The molecule has 0 saturated heterocycles. The molecular formula is C46H40F6N10Na2O12P2. The third-order valence-electron chi connectivity index (χ3n) is 11.6. The number of phosphoric acid groups is 2. The molecule has 8 aromatic rings. The number of carbonyl (C=O) groups excluding carboxylic acids is 2. The van der Waals surface area contributed by atoms with E-state index in [4.69, 9.17) is 0 Å². The van der Waals surface area contributed by atoms with E-state index in [1.54, 1.807) is 62.4 Å². The smallest absolute Gasteiger partial charge is 0.745 e. The van der Waals surface area contributed by atoms with Crippen molar-refractivity contribution in [3.8, 4) is 22.3 Å². The average Bonchev–Trinajstić information content (AvgIpc) is 4.05.